The van der Waals surface area contributed by atoms with E-state index < -0.39 is 0 Å². The average molecular weight is 480 g/mol. The Labute approximate surface area is 201 Å². The van der Waals surface area contributed by atoms with Crippen molar-refractivity contribution in [2.75, 3.05) is 30.3 Å². The quantitative estimate of drug-likeness (QED) is 0.507. The molecule has 0 bridgehead atoms. The van der Waals surface area contributed by atoms with Gasteiger partial charge in [0.1, 0.15) is 5.01 Å². The Hall–Kier alpha value is -3.79. The van der Waals surface area contributed by atoms with E-state index in [9.17, 15) is 14.4 Å². The maximum atomic E-state index is 12.6. The molecule has 10 heteroatoms. The number of piperidine rings is 1. The van der Waals surface area contributed by atoms with Crippen LogP contribution in [0.15, 0.2) is 54.6 Å². The van der Waals surface area contributed by atoms with E-state index in [0.29, 0.717) is 41.6 Å². The predicted octanol–water partition coefficient (Wildman–Crippen LogP) is 4.38. The summed E-state index contributed by atoms with van der Waals surface area (Å²) in [7, 11) is 0. The minimum absolute atomic E-state index is 0.156. The van der Waals surface area contributed by atoms with Crippen molar-refractivity contribution < 1.29 is 19.1 Å². The fraction of sp³-hybridized carbons (Fsp3) is 0.292. The Bertz CT molecular complexity index is 1140. The standard InChI is InChI=1S/C24H25N5O4S/c1-2-33-23(31)17-8-10-19(11-9-17)26-24(32)29-14-12-16(13-15-29)21-27-28-22(34-21)20(30)25-18-6-4-3-5-7-18/h3-11,16H,2,12-15H2,1H3,(H,25,30)(H,26,32). The van der Waals surface area contributed by atoms with Crippen molar-refractivity contribution in [1.29, 1.82) is 0 Å². The number of amides is 3. The fourth-order valence-electron chi connectivity index (χ4n) is 3.63. The molecule has 176 valence electrons. The highest BCUT2D eigenvalue weighted by atomic mass is 32.1. The molecule has 1 aliphatic heterocycles. The van der Waals surface area contributed by atoms with Gasteiger partial charge in [0.05, 0.1) is 12.2 Å². The third-order valence-electron chi connectivity index (χ3n) is 5.45. The van der Waals surface area contributed by atoms with Gasteiger partial charge in [-0.15, -0.1) is 10.2 Å². The van der Waals surface area contributed by atoms with Gasteiger partial charge in [0.25, 0.3) is 5.91 Å². The zero-order valence-corrected chi connectivity index (χ0v) is 19.5. The van der Waals surface area contributed by atoms with Crippen LogP contribution in [0.4, 0.5) is 16.2 Å². The van der Waals surface area contributed by atoms with E-state index in [1.807, 2.05) is 30.3 Å². The normalized spacial score (nSPS) is 13.9. The first kappa shape index (κ1) is 23.4. The number of urea groups is 1. The number of para-hydroxylation sites is 1. The summed E-state index contributed by atoms with van der Waals surface area (Å²) >= 11 is 1.29. The fourth-order valence-corrected chi connectivity index (χ4v) is 4.54. The molecule has 0 atom stereocenters. The van der Waals surface area contributed by atoms with Gasteiger partial charge < -0.3 is 20.3 Å². The summed E-state index contributed by atoms with van der Waals surface area (Å²) in [6.07, 6.45) is 1.48. The smallest absolute Gasteiger partial charge is 0.338 e. The van der Waals surface area contributed by atoms with Crippen LogP contribution in [0, 0.1) is 0 Å². The molecule has 1 fully saturated rings. The molecule has 0 radical (unpaired) electrons. The van der Waals surface area contributed by atoms with Crippen molar-refractivity contribution >= 4 is 40.6 Å². The molecule has 0 unspecified atom stereocenters. The summed E-state index contributed by atoms with van der Waals surface area (Å²) in [4.78, 5) is 38.6. The highest BCUT2D eigenvalue weighted by molar-refractivity contribution is 7.13. The van der Waals surface area contributed by atoms with Crippen molar-refractivity contribution in [3.05, 3.63) is 70.2 Å². The van der Waals surface area contributed by atoms with Gasteiger partial charge in [0.2, 0.25) is 5.01 Å². The van der Waals surface area contributed by atoms with Crippen LogP contribution in [-0.2, 0) is 4.74 Å². The second-order valence-corrected chi connectivity index (χ2v) is 8.76. The largest absolute Gasteiger partial charge is 0.462 e. The third kappa shape index (κ3) is 5.76. The van der Waals surface area contributed by atoms with E-state index >= 15 is 0 Å². The van der Waals surface area contributed by atoms with Gasteiger partial charge in [-0.3, -0.25) is 4.79 Å². The van der Waals surface area contributed by atoms with Crippen molar-refractivity contribution in [3.8, 4) is 0 Å². The van der Waals surface area contributed by atoms with Crippen LogP contribution in [0.1, 0.15) is 50.9 Å². The van der Waals surface area contributed by atoms with E-state index in [0.717, 1.165) is 17.8 Å². The molecule has 4 rings (SSSR count). The molecule has 3 aromatic rings. The minimum Gasteiger partial charge on any atom is -0.462 e. The highest BCUT2D eigenvalue weighted by Crippen LogP contribution is 2.30. The van der Waals surface area contributed by atoms with Crippen LogP contribution in [0.2, 0.25) is 0 Å². The molecule has 0 saturated carbocycles. The number of rotatable bonds is 6. The zero-order chi connectivity index (χ0) is 23.9. The number of nitrogens with zero attached hydrogens (tertiary/aromatic N) is 3. The summed E-state index contributed by atoms with van der Waals surface area (Å²) in [5.74, 6) is -0.510. The number of carbonyl (C=O) groups is 3. The predicted molar refractivity (Wildman–Crippen MR) is 129 cm³/mol. The molecule has 2 heterocycles. The lowest BCUT2D eigenvalue weighted by Gasteiger charge is -2.31. The molecule has 1 aliphatic rings. The topological polar surface area (TPSA) is 114 Å². The van der Waals surface area contributed by atoms with E-state index in [1.165, 1.54) is 11.3 Å². The number of likely N-dealkylation sites (tertiary alicyclic amines) is 1. The SMILES string of the molecule is CCOC(=O)c1ccc(NC(=O)N2CCC(c3nnc(C(=O)Nc4ccccc4)s3)CC2)cc1. The van der Waals surface area contributed by atoms with Gasteiger partial charge in [0, 0.05) is 30.4 Å². The molecule has 1 aromatic heterocycles. The summed E-state index contributed by atoms with van der Waals surface area (Å²) in [6, 6.07) is 15.6. The van der Waals surface area contributed by atoms with E-state index in [1.54, 1.807) is 36.1 Å². The number of ether oxygens (including phenoxy) is 1. The van der Waals surface area contributed by atoms with E-state index in [4.69, 9.17) is 4.74 Å². The van der Waals surface area contributed by atoms with Gasteiger partial charge in [-0.2, -0.15) is 0 Å². The van der Waals surface area contributed by atoms with E-state index in [-0.39, 0.29) is 23.8 Å². The lowest BCUT2D eigenvalue weighted by atomic mass is 9.98. The van der Waals surface area contributed by atoms with Crippen LogP contribution in [-0.4, -0.2) is 52.7 Å². The van der Waals surface area contributed by atoms with Crippen molar-refractivity contribution in [3.63, 3.8) is 0 Å². The molecule has 0 spiro atoms. The van der Waals surface area contributed by atoms with Crippen LogP contribution in [0.5, 0.6) is 0 Å². The first-order chi connectivity index (χ1) is 16.5. The first-order valence-corrected chi connectivity index (χ1v) is 11.9. The Morgan fingerprint density at radius 3 is 2.32 bits per heavy atom. The monoisotopic (exact) mass is 479 g/mol. The number of hydrogen-bond donors (Lipinski definition) is 2. The summed E-state index contributed by atoms with van der Waals surface area (Å²) in [5, 5.41) is 15.1. The second-order valence-electron chi connectivity index (χ2n) is 7.75. The Morgan fingerprint density at radius 2 is 1.65 bits per heavy atom. The molecule has 3 amide bonds. The van der Waals surface area contributed by atoms with Crippen LogP contribution >= 0.6 is 11.3 Å². The van der Waals surface area contributed by atoms with Gasteiger partial charge in [0.15, 0.2) is 0 Å². The van der Waals surface area contributed by atoms with E-state index in [2.05, 4.69) is 20.8 Å². The zero-order valence-electron chi connectivity index (χ0n) is 18.7. The van der Waals surface area contributed by atoms with Gasteiger partial charge in [-0.05, 0) is 56.2 Å². The van der Waals surface area contributed by atoms with Crippen LogP contribution in [0.25, 0.3) is 0 Å². The number of nitrogens with one attached hydrogen (secondary N) is 2. The maximum Gasteiger partial charge on any atom is 0.338 e. The lowest BCUT2D eigenvalue weighted by molar-refractivity contribution is 0.0526. The van der Waals surface area contributed by atoms with Crippen molar-refractivity contribution in [2.24, 2.45) is 0 Å². The molecule has 0 aliphatic carbocycles. The number of carbonyl (C=O) groups excluding carboxylic acids is 3. The molecular weight excluding hydrogens is 454 g/mol. The average Bonchev–Trinajstić information content (AvgIpc) is 3.36. The summed E-state index contributed by atoms with van der Waals surface area (Å²) in [6.45, 7) is 3.21. The molecule has 2 N–H and O–H groups in total. The number of benzene rings is 2. The second kappa shape index (κ2) is 10.9. The number of hydrogen-bond acceptors (Lipinski definition) is 7. The number of aromatic nitrogens is 2. The Morgan fingerprint density at radius 1 is 0.971 bits per heavy atom. The molecule has 9 nitrogen and oxygen atoms in total. The Balaban J connectivity index is 1.27. The molecular formula is C24H25N5O4S. The van der Waals surface area contributed by atoms with Gasteiger partial charge >= 0.3 is 12.0 Å². The van der Waals surface area contributed by atoms with Crippen molar-refractivity contribution in [2.45, 2.75) is 25.7 Å². The maximum absolute atomic E-state index is 12.6. The summed E-state index contributed by atoms with van der Waals surface area (Å²) in [5.41, 5.74) is 1.76. The van der Waals surface area contributed by atoms with Crippen LogP contribution in [0.3, 0.4) is 0 Å². The Kier molecular flexibility index (Phi) is 7.48. The summed E-state index contributed by atoms with van der Waals surface area (Å²) < 4.78 is 4.97. The molecule has 2 aromatic carbocycles. The number of anilines is 2. The lowest BCUT2D eigenvalue weighted by Crippen LogP contribution is -2.40. The molecule has 34 heavy (non-hydrogen) atoms. The highest BCUT2D eigenvalue weighted by Gasteiger charge is 2.27. The minimum atomic E-state index is -0.389. The van der Waals surface area contributed by atoms with Gasteiger partial charge in [-0.1, -0.05) is 29.5 Å². The van der Waals surface area contributed by atoms with Gasteiger partial charge in [-0.25, -0.2) is 9.59 Å². The number of esters is 1. The van der Waals surface area contributed by atoms with Crippen LogP contribution < -0.4 is 10.6 Å². The van der Waals surface area contributed by atoms with Crippen molar-refractivity contribution in [1.82, 2.24) is 15.1 Å². The first-order valence-electron chi connectivity index (χ1n) is 11.1. The third-order valence-corrected chi connectivity index (χ3v) is 6.53. The molecule has 1 saturated heterocycles.